The number of hydrogen-bond acceptors (Lipinski definition) is 2. The molecule has 0 radical (unpaired) electrons. The number of aliphatic hydroxyl groups excluding tert-OH is 1. The molecule has 16 heavy (non-hydrogen) atoms. The number of urea groups is 1. The fraction of sp³-hybridized carbons (Fsp3) is 0.364. The Morgan fingerprint density at radius 1 is 1.56 bits per heavy atom. The summed E-state index contributed by atoms with van der Waals surface area (Å²) in [4.78, 5) is 13.2. The highest BCUT2D eigenvalue weighted by Gasteiger charge is 2.10. The number of aliphatic hydroxyl groups is 1. The molecular weight excluding hydrogens is 228 g/mol. The molecule has 0 fully saturated rings. The summed E-state index contributed by atoms with van der Waals surface area (Å²) in [5, 5.41) is 12.1. The van der Waals surface area contributed by atoms with Crippen LogP contribution in [-0.2, 0) is 0 Å². The van der Waals surface area contributed by atoms with Crippen molar-refractivity contribution in [2.45, 2.75) is 6.92 Å². The SMILES string of the molecule is CCN(CCO)C(=O)Nc1cccc(Cl)c1. The van der Waals surface area contributed by atoms with Gasteiger partial charge in [-0.3, -0.25) is 0 Å². The van der Waals surface area contributed by atoms with Gasteiger partial charge in [0.05, 0.1) is 6.61 Å². The maximum Gasteiger partial charge on any atom is 0.321 e. The lowest BCUT2D eigenvalue weighted by Crippen LogP contribution is -2.36. The maximum atomic E-state index is 11.7. The van der Waals surface area contributed by atoms with E-state index in [9.17, 15) is 4.79 Å². The monoisotopic (exact) mass is 242 g/mol. The molecule has 5 heteroatoms. The molecule has 0 aromatic heterocycles. The molecule has 1 aromatic carbocycles. The lowest BCUT2D eigenvalue weighted by atomic mass is 10.3. The second-order valence-corrected chi connectivity index (χ2v) is 3.68. The summed E-state index contributed by atoms with van der Waals surface area (Å²) in [6.45, 7) is 2.68. The first kappa shape index (κ1) is 12.8. The normalized spacial score (nSPS) is 9.94. The third kappa shape index (κ3) is 3.72. The molecule has 0 bridgehead atoms. The molecule has 0 atom stereocenters. The Labute approximate surface area is 99.8 Å². The topological polar surface area (TPSA) is 52.6 Å². The highest BCUT2D eigenvalue weighted by atomic mass is 35.5. The van der Waals surface area contributed by atoms with Gasteiger partial charge in [0.15, 0.2) is 0 Å². The van der Waals surface area contributed by atoms with Crippen molar-refractivity contribution in [3.63, 3.8) is 0 Å². The number of rotatable bonds is 4. The lowest BCUT2D eigenvalue weighted by molar-refractivity contribution is 0.192. The van der Waals surface area contributed by atoms with E-state index in [1.807, 2.05) is 6.92 Å². The smallest absolute Gasteiger partial charge is 0.321 e. The summed E-state index contributed by atoms with van der Waals surface area (Å²) < 4.78 is 0. The molecule has 0 aliphatic heterocycles. The number of carbonyl (C=O) groups excluding carboxylic acids is 1. The van der Waals surface area contributed by atoms with Gasteiger partial charge in [0.1, 0.15) is 0 Å². The van der Waals surface area contributed by atoms with Gasteiger partial charge in [-0.2, -0.15) is 0 Å². The van der Waals surface area contributed by atoms with Gasteiger partial charge in [-0.05, 0) is 25.1 Å². The number of anilines is 1. The van der Waals surface area contributed by atoms with Crippen LogP contribution in [0.15, 0.2) is 24.3 Å². The van der Waals surface area contributed by atoms with Crippen LogP contribution in [0.1, 0.15) is 6.92 Å². The number of nitrogens with zero attached hydrogens (tertiary/aromatic N) is 1. The molecular formula is C11H15ClN2O2. The third-order valence-corrected chi connectivity index (χ3v) is 2.35. The second kappa shape index (κ2) is 6.35. The zero-order chi connectivity index (χ0) is 12.0. The van der Waals surface area contributed by atoms with Gasteiger partial charge >= 0.3 is 6.03 Å². The van der Waals surface area contributed by atoms with Gasteiger partial charge in [-0.25, -0.2) is 4.79 Å². The zero-order valence-corrected chi connectivity index (χ0v) is 9.87. The number of amides is 2. The Balaban J connectivity index is 2.62. The van der Waals surface area contributed by atoms with Crippen LogP contribution in [-0.4, -0.2) is 35.7 Å². The van der Waals surface area contributed by atoms with Crippen LogP contribution >= 0.6 is 11.6 Å². The van der Waals surface area contributed by atoms with Gasteiger partial charge in [-0.1, -0.05) is 17.7 Å². The van der Waals surface area contributed by atoms with Crippen molar-refractivity contribution in [2.75, 3.05) is 25.0 Å². The Hall–Kier alpha value is -1.26. The Morgan fingerprint density at radius 2 is 2.31 bits per heavy atom. The summed E-state index contributed by atoms with van der Waals surface area (Å²) in [6.07, 6.45) is 0. The van der Waals surface area contributed by atoms with E-state index in [-0.39, 0.29) is 12.6 Å². The number of hydrogen-bond donors (Lipinski definition) is 2. The average Bonchev–Trinajstić information content (AvgIpc) is 2.25. The molecule has 0 aliphatic carbocycles. The van der Waals surface area contributed by atoms with Crippen molar-refractivity contribution in [1.82, 2.24) is 4.90 Å². The molecule has 0 spiro atoms. The van der Waals surface area contributed by atoms with Gasteiger partial charge in [0.25, 0.3) is 0 Å². The van der Waals surface area contributed by atoms with Gasteiger partial charge in [0.2, 0.25) is 0 Å². The van der Waals surface area contributed by atoms with Crippen molar-refractivity contribution >= 4 is 23.3 Å². The predicted octanol–water partition coefficient (Wildman–Crippen LogP) is 2.19. The predicted molar refractivity (Wildman–Crippen MR) is 64.8 cm³/mol. The van der Waals surface area contributed by atoms with E-state index < -0.39 is 0 Å². The fourth-order valence-corrected chi connectivity index (χ4v) is 1.48. The largest absolute Gasteiger partial charge is 0.395 e. The van der Waals surface area contributed by atoms with Crippen molar-refractivity contribution in [1.29, 1.82) is 0 Å². The first-order chi connectivity index (χ1) is 7.67. The summed E-state index contributed by atoms with van der Waals surface area (Å²) in [6, 6.07) is 6.70. The Morgan fingerprint density at radius 3 is 2.88 bits per heavy atom. The molecule has 4 nitrogen and oxygen atoms in total. The fourth-order valence-electron chi connectivity index (χ4n) is 1.29. The molecule has 0 heterocycles. The standard InChI is InChI=1S/C11H15ClN2O2/c1-2-14(6-7-15)11(16)13-10-5-3-4-9(12)8-10/h3-5,8,15H,2,6-7H2,1H3,(H,13,16). The third-order valence-electron chi connectivity index (χ3n) is 2.11. The van der Waals surface area contributed by atoms with Crippen molar-refractivity contribution in [3.05, 3.63) is 29.3 Å². The molecule has 1 rings (SSSR count). The molecule has 1 aromatic rings. The van der Waals surface area contributed by atoms with E-state index in [0.717, 1.165) is 0 Å². The summed E-state index contributed by atoms with van der Waals surface area (Å²) in [5.41, 5.74) is 0.647. The highest BCUT2D eigenvalue weighted by Crippen LogP contribution is 2.15. The van der Waals surface area contributed by atoms with Crippen LogP contribution in [0.25, 0.3) is 0 Å². The van der Waals surface area contributed by atoms with Crippen LogP contribution < -0.4 is 5.32 Å². The number of carbonyl (C=O) groups is 1. The van der Waals surface area contributed by atoms with Crippen molar-refractivity contribution < 1.29 is 9.90 Å². The molecule has 0 saturated carbocycles. The molecule has 0 unspecified atom stereocenters. The number of halogens is 1. The molecule has 2 amide bonds. The van der Waals surface area contributed by atoms with Crippen molar-refractivity contribution in [2.24, 2.45) is 0 Å². The summed E-state index contributed by atoms with van der Waals surface area (Å²) >= 11 is 5.80. The van der Waals surface area contributed by atoms with E-state index in [2.05, 4.69) is 5.32 Å². The Kier molecular flexibility index (Phi) is 5.08. The average molecular weight is 243 g/mol. The minimum atomic E-state index is -0.237. The summed E-state index contributed by atoms with van der Waals surface area (Å²) in [5.74, 6) is 0. The van der Waals surface area contributed by atoms with Gasteiger partial charge in [0, 0.05) is 23.8 Å². The van der Waals surface area contributed by atoms with Crippen LogP contribution in [0.4, 0.5) is 10.5 Å². The first-order valence-corrected chi connectivity index (χ1v) is 5.47. The van der Waals surface area contributed by atoms with E-state index in [4.69, 9.17) is 16.7 Å². The number of likely N-dealkylation sites (N-methyl/N-ethyl adjacent to an activating group) is 1. The zero-order valence-electron chi connectivity index (χ0n) is 9.11. The maximum absolute atomic E-state index is 11.7. The van der Waals surface area contributed by atoms with Crippen LogP contribution in [0.5, 0.6) is 0 Å². The quantitative estimate of drug-likeness (QED) is 0.850. The Bertz CT molecular complexity index is 358. The minimum Gasteiger partial charge on any atom is -0.395 e. The van der Waals surface area contributed by atoms with E-state index >= 15 is 0 Å². The highest BCUT2D eigenvalue weighted by molar-refractivity contribution is 6.30. The lowest BCUT2D eigenvalue weighted by Gasteiger charge is -2.20. The van der Waals surface area contributed by atoms with Crippen LogP contribution in [0.3, 0.4) is 0 Å². The molecule has 0 saturated heterocycles. The van der Waals surface area contributed by atoms with E-state index in [0.29, 0.717) is 23.8 Å². The van der Waals surface area contributed by atoms with Gasteiger partial charge in [-0.15, -0.1) is 0 Å². The van der Waals surface area contributed by atoms with Crippen LogP contribution in [0, 0.1) is 0 Å². The first-order valence-electron chi connectivity index (χ1n) is 5.09. The molecule has 88 valence electrons. The molecule has 2 N–H and O–H groups in total. The van der Waals surface area contributed by atoms with E-state index in [1.54, 1.807) is 24.3 Å². The second-order valence-electron chi connectivity index (χ2n) is 3.24. The van der Waals surface area contributed by atoms with E-state index in [1.165, 1.54) is 4.90 Å². The minimum absolute atomic E-state index is 0.0448. The number of benzene rings is 1. The molecule has 0 aliphatic rings. The summed E-state index contributed by atoms with van der Waals surface area (Å²) in [7, 11) is 0. The van der Waals surface area contributed by atoms with Gasteiger partial charge < -0.3 is 15.3 Å². The number of nitrogens with one attached hydrogen (secondary N) is 1. The van der Waals surface area contributed by atoms with Crippen LogP contribution in [0.2, 0.25) is 5.02 Å². The van der Waals surface area contributed by atoms with Crippen molar-refractivity contribution in [3.8, 4) is 0 Å².